The van der Waals surface area contributed by atoms with E-state index in [1.54, 1.807) is 0 Å². The molecular weight excluding hydrogens is 148 g/mol. The summed E-state index contributed by atoms with van der Waals surface area (Å²) in [5, 5.41) is 0.875. The maximum Gasteiger partial charge on any atom is 0.0583 e. The Morgan fingerprint density at radius 2 is 2.33 bits per heavy atom. The highest BCUT2D eigenvalue weighted by molar-refractivity contribution is 8.21. The fraction of sp³-hybridized carbons (Fsp3) is 1.00. The number of thioether (sulfide) groups is 2. The van der Waals surface area contributed by atoms with Crippen LogP contribution in [0.4, 0.5) is 0 Å². The minimum atomic E-state index is 0.541. The average Bonchev–Trinajstić information content (AvgIpc) is 2.13. The van der Waals surface area contributed by atoms with Gasteiger partial charge in [-0.1, -0.05) is 13.8 Å². The summed E-state index contributed by atoms with van der Waals surface area (Å²) in [5.74, 6) is 1.34. The van der Waals surface area contributed by atoms with Gasteiger partial charge < -0.3 is 0 Å². The first-order valence-corrected chi connectivity index (χ1v) is 5.34. The molecule has 2 atom stereocenters. The number of hydrogen-bond acceptors (Lipinski definition) is 2. The van der Waals surface area contributed by atoms with E-state index in [2.05, 4.69) is 44.3 Å². The van der Waals surface area contributed by atoms with Gasteiger partial charge in [0.2, 0.25) is 0 Å². The summed E-state index contributed by atoms with van der Waals surface area (Å²) < 4.78 is 0.541. The smallest absolute Gasteiger partial charge is 0.0583 e. The van der Waals surface area contributed by atoms with Crippen LogP contribution < -0.4 is 0 Å². The zero-order chi connectivity index (χ0) is 6.91. The molecule has 1 saturated heterocycles. The molecule has 1 aliphatic rings. The summed E-state index contributed by atoms with van der Waals surface area (Å²) in [5.41, 5.74) is 0. The second-order valence-corrected chi connectivity index (χ2v) is 6.45. The second kappa shape index (κ2) is 2.75. The van der Waals surface area contributed by atoms with Crippen molar-refractivity contribution in [2.24, 2.45) is 0 Å². The SMILES string of the molecule is CC[C@@]1(C)SC[C@@H](C)S1. The van der Waals surface area contributed by atoms with Crippen molar-refractivity contribution in [3.63, 3.8) is 0 Å². The predicted octanol–water partition coefficient (Wildman–Crippen LogP) is 2.98. The normalized spacial score (nSPS) is 43.7. The summed E-state index contributed by atoms with van der Waals surface area (Å²) in [6, 6.07) is 0. The lowest BCUT2D eigenvalue weighted by Crippen LogP contribution is -2.08. The van der Waals surface area contributed by atoms with Crippen LogP contribution in [0.1, 0.15) is 27.2 Å². The highest BCUT2D eigenvalue weighted by atomic mass is 32.2. The first-order valence-electron chi connectivity index (χ1n) is 3.48. The predicted molar refractivity (Wildman–Crippen MR) is 48.2 cm³/mol. The zero-order valence-corrected chi connectivity index (χ0v) is 7.94. The lowest BCUT2D eigenvalue weighted by molar-refractivity contribution is 0.853. The summed E-state index contributed by atoms with van der Waals surface area (Å²) in [6.07, 6.45) is 1.30. The first kappa shape index (κ1) is 7.80. The molecule has 0 spiro atoms. The van der Waals surface area contributed by atoms with Gasteiger partial charge in [-0.15, -0.1) is 23.5 Å². The Morgan fingerprint density at radius 1 is 1.67 bits per heavy atom. The molecule has 0 aromatic heterocycles. The molecule has 0 aromatic rings. The largest absolute Gasteiger partial charge is 0.143 e. The monoisotopic (exact) mass is 162 g/mol. The first-order chi connectivity index (χ1) is 4.16. The minimum Gasteiger partial charge on any atom is -0.143 e. The van der Waals surface area contributed by atoms with Crippen LogP contribution in [0.5, 0.6) is 0 Å². The van der Waals surface area contributed by atoms with Crippen LogP contribution in [0.2, 0.25) is 0 Å². The highest BCUT2D eigenvalue weighted by Gasteiger charge is 2.32. The third kappa shape index (κ3) is 1.81. The molecule has 1 aliphatic heterocycles. The third-order valence-corrected chi connectivity index (χ3v) is 5.49. The Kier molecular flexibility index (Phi) is 2.38. The molecule has 0 N–H and O–H groups in total. The molecule has 0 aromatic carbocycles. The molecule has 1 rings (SSSR count). The Labute approximate surface area is 66.2 Å². The van der Waals surface area contributed by atoms with Gasteiger partial charge in [0.15, 0.2) is 0 Å². The molecule has 2 heteroatoms. The van der Waals surface area contributed by atoms with E-state index in [0.29, 0.717) is 4.08 Å². The van der Waals surface area contributed by atoms with Crippen molar-refractivity contribution < 1.29 is 0 Å². The Hall–Kier alpha value is 0.700. The van der Waals surface area contributed by atoms with E-state index in [1.165, 1.54) is 12.2 Å². The van der Waals surface area contributed by atoms with Crippen molar-refractivity contribution in [3.8, 4) is 0 Å². The summed E-state index contributed by atoms with van der Waals surface area (Å²) in [6.45, 7) is 6.95. The fourth-order valence-electron chi connectivity index (χ4n) is 0.973. The van der Waals surface area contributed by atoms with Gasteiger partial charge in [0.1, 0.15) is 0 Å². The molecule has 0 nitrogen and oxygen atoms in total. The lowest BCUT2D eigenvalue weighted by atomic mass is 10.4. The van der Waals surface area contributed by atoms with Crippen LogP contribution in [0.3, 0.4) is 0 Å². The Morgan fingerprint density at radius 3 is 2.56 bits per heavy atom. The summed E-state index contributed by atoms with van der Waals surface area (Å²) in [7, 11) is 0. The van der Waals surface area contributed by atoms with Crippen LogP contribution >= 0.6 is 23.5 Å². The molecule has 9 heavy (non-hydrogen) atoms. The van der Waals surface area contributed by atoms with E-state index < -0.39 is 0 Å². The fourth-order valence-corrected chi connectivity index (χ4v) is 4.23. The van der Waals surface area contributed by atoms with Gasteiger partial charge in [-0.2, -0.15) is 0 Å². The van der Waals surface area contributed by atoms with E-state index in [0.717, 1.165) is 5.25 Å². The maximum absolute atomic E-state index is 2.35. The molecule has 0 unspecified atom stereocenters. The van der Waals surface area contributed by atoms with E-state index in [1.807, 2.05) is 0 Å². The van der Waals surface area contributed by atoms with Gasteiger partial charge in [-0.05, 0) is 13.3 Å². The van der Waals surface area contributed by atoms with Crippen LogP contribution in [-0.4, -0.2) is 15.1 Å². The van der Waals surface area contributed by atoms with Crippen LogP contribution in [-0.2, 0) is 0 Å². The molecule has 0 bridgehead atoms. The van der Waals surface area contributed by atoms with Crippen molar-refractivity contribution in [2.45, 2.75) is 36.5 Å². The van der Waals surface area contributed by atoms with Crippen LogP contribution in [0.15, 0.2) is 0 Å². The Balaban J connectivity index is 2.45. The van der Waals surface area contributed by atoms with E-state index in [4.69, 9.17) is 0 Å². The van der Waals surface area contributed by atoms with Gasteiger partial charge in [0, 0.05) is 11.0 Å². The van der Waals surface area contributed by atoms with Crippen LogP contribution in [0, 0.1) is 0 Å². The molecule has 0 saturated carbocycles. The topological polar surface area (TPSA) is 0 Å². The molecule has 0 radical (unpaired) electrons. The minimum absolute atomic E-state index is 0.541. The van der Waals surface area contributed by atoms with Gasteiger partial charge in [0.05, 0.1) is 4.08 Å². The molecule has 0 aliphatic carbocycles. The summed E-state index contributed by atoms with van der Waals surface area (Å²) >= 11 is 4.25. The highest BCUT2D eigenvalue weighted by Crippen LogP contribution is 2.49. The van der Waals surface area contributed by atoms with Crippen molar-refractivity contribution in [3.05, 3.63) is 0 Å². The quantitative estimate of drug-likeness (QED) is 0.581. The number of rotatable bonds is 1. The van der Waals surface area contributed by atoms with Crippen molar-refractivity contribution in [2.75, 3.05) is 5.75 Å². The number of hydrogen-bond donors (Lipinski definition) is 0. The van der Waals surface area contributed by atoms with Gasteiger partial charge in [-0.25, -0.2) is 0 Å². The standard InChI is InChI=1S/C7H14S2/c1-4-7(3)8-5-6(2)9-7/h6H,4-5H2,1-3H3/t6-,7+/m1/s1. The Bertz CT molecular complexity index is 103. The second-order valence-electron chi connectivity index (χ2n) is 2.73. The lowest BCUT2D eigenvalue weighted by Gasteiger charge is -2.18. The van der Waals surface area contributed by atoms with Gasteiger partial charge in [0.25, 0.3) is 0 Å². The molecule has 0 amide bonds. The summed E-state index contributed by atoms with van der Waals surface area (Å²) in [4.78, 5) is 0. The molecular formula is C7H14S2. The van der Waals surface area contributed by atoms with Crippen molar-refractivity contribution in [1.82, 2.24) is 0 Å². The van der Waals surface area contributed by atoms with Crippen molar-refractivity contribution in [1.29, 1.82) is 0 Å². The van der Waals surface area contributed by atoms with Crippen molar-refractivity contribution >= 4 is 23.5 Å². The van der Waals surface area contributed by atoms with Crippen LogP contribution in [0.25, 0.3) is 0 Å². The van der Waals surface area contributed by atoms with Gasteiger partial charge in [-0.3, -0.25) is 0 Å². The van der Waals surface area contributed by atoms with E-state index in [9.17, 15) is 0 Å². The maximum atomic E-state index is 2.35. The average molecular weight is 162 g/mol. The molecule has 1 heterocycles. The molecule has 1 fully saturated rings. The van der Waals surface area contributed by atoms with E-state index >= 15 is 0 Å². The van der Waals surface area contributed by atoms with E-state index in [-0.39, 0.29) is 0 Å². The molecule has 54 valence electrons. The van der Waals surface area contributed by atoms with Gasteiger partial charge >= 0.3 is 0 Å². The zero-order valence-electron chi connectivity index (χ0n) is 6.31. The third-order valence-electron chi connectivity index (χ3n) is 1.72.